The molecule has 0 radical (unpaired) electrons. The van der Waals surface area contributed by atoms with Gasteiger partial charge in [0.1, 0.15) is 0 Å². The highest BCUT2D eigenvalue weighted by Crippen LogP contribution is 2.31. The van der Waals surface area contributed by atoms with Crippen LogP contribution in [0.15, 0.2) is 47.0 Å². The number of para-hydroxylation sites is 1. The van der Waals surface area contributed by atoms with Gasteiger partial charge in [-0.25, -0.2) is 4.79 Å². The number of rotatable bonds is 10. The molecule has 0 aliphatic rings. The number of esters is 1. The number of amides is 1. The standard InChI is InChI=1S/C26H29N3O7/c1-26(2,3)21(30)15-35-25(32)17-8-6-7-9-18(17)27-22(31)12-13-23-28-24(29-36-23)16-10-11-19(33-4)20(14-16)34-5/h6-11,14H,12-13,15H2,1-5H3,(H,27,31). The minimum atomic E-state index is -0.694. The number of aryl methyl sites for hydroxylation is 1. The van der Waals surface area contributed by atoms with Gasteiger partial charge >= 0.3 is 5.97 Å². The Hall–Kier alpha value is -4.21. The van der Waals surface area contributed by atoms with Gasteiger partial charge in [0.05, 0.1) is 25.5 Å². The van der Waals surface area contributed by atoms with Gasteiger partial charge in [0.25, 0.3) is 0 Å². The van der Waals surface area contributed by atoms with E-state index in [1.165, 1.54) is 13.2 Å². The number of ether oxygens (including phenoxy) is 3. The minimum Gasteiger partial charge on any atom is -0.493 e. The zero-order valence-electron chi connectivity index (χ0n) is 20.9. The Labute approximate surface area is 208 Å². The van der Waals surface area contributed by atoms with Crippen LogP contribution in [0, 0.1) is 5.41 Å². The first-order valence-electron chi connectivity index (χ1n) is 11.3. The van der Waals surface area contributed by atoms with Gasteiger partial charge in [-0.1, -0.05) is 38.1 Å². The van der Waals surface area contributed by atoms with E-state index >= 15 is 0 Å². The second kappa shape index (κ2) is 11.5. The monoisotopic (exact) mass is 495 g/mol. The smallest absolute Gasteiger partial charge is 0.340 e. The summed E-state index contributed by atoms with van der Waals surface area (Å²) in [4.78, 5) is 41.5. The van der Waals surface area contributed by atoms with Gasteiger partial charge in [0.2, 0.25) is 17.6 Å². The highest BCUT2D eigenvalue weighted by atomic mass is 16.5. The average molecular weight is 496 g/mol. The van der Waals surface area contributed by atoms with Crippen LogP contribution in [-0.4, -0.2) is 48.6 Å². The molecule has 0 saturated heterocycles. The molecule has 0 bridgehead atoms. The number of Topliss-reactive ketones (excluding diaryl/α,β-unsaturated/α-hetero) is 1. The zero-order chi connectivity index (χ0) is 26.3. The molecule has 3 aromatic rings. The first kappa shape index (κ1) is 26.4. The second-order valence-electron chi connectivity index (χ2n) is 8.92. The summed E-state index contributed by atoms with van der Waals surface area (Å²) in [6.07, 6.45) is 0.234. The molecule has 0 unspecified atom stereocenters. The summed E-state index contributed by atoms with van der Waals surface area (Å²) < 4.78 is 21.0. The van der Waals surface area contributed by atoms with Crippen molar-refractivity contribution < 1.29 is 33.1 Å². The molecule has 0 aliphatic carbocycles. The Morgan fingerprint density at radius 3 is 2.42 bits per heavy atom. The lowest BCUT2D eigenvalue weighted by Gasteiger charge is -2.16. The number of carbonyl (C=O) groups excluding carboxylic acids is 3. The molecule has 1 N–H and O–H groups in total. The summed E-state index contributed by atoms with van der Waals surface area (Å²) in [7, 11) is 3.08. The van der Waals surface area contributed by atoms with Gasteiger partial charge in [-0.15, -0.1) is 0 Å². The van der Waals surface area contributed by atoms with Crippen LogP contribution in [0.25, 0.3) is 11.4 Å². The largest absolute Gasteiger partial charge is 0.493 e. The molecule has 0 aliphatic heterocycles. The average Bonchev–Trinajstić information content (AvgIpc) is 3.34. The molecule has 36 heavy (non-hydrogen) atoms. The predicted octanol–water partition coefficient (Wildman–Crippen LogP) is 4.10. The van der Waals surface area contributed by atoms with Gasteiger partial charge in [-0.3, -0.25) is 9.59 Å². The van der Waals surface area contributed by atoms with Crippen LogP contribution in [0.1, 0.15) is 43.4 Å². The lowest BCUT2D eigenvalue weighted by atomic mass is 9.91. The van der Waals surface area contributed by atoms with E-state index in [9.17, 15) is 14.4 Å². The van der Waals surface area contributed by atoms with E-state index in [0.29, 0.717) is 22.9 Å². The van der Waals surface area contributed by atoms with Crippen LogP contribution < -0.4 is 14.8 Å². The van der Waals surface area contributed by atoms with E-state index in [4.69, 9.17) is 18.7 Å². The van der Waals surface area contributed by atoms with Gasteiger partial charge < -0.3 is 24.1 Å². The lowest BCUT2D eigenvalue weighted by Crippen LogP contribution is -2.26. The first-order chi connectivity index (χ1) is 17.1. The minimum absolute atomic E-state index is 0.0411. The highest BCUT2D eigenvalue weighted by Gasteiger charge is 2.23. The van der Waals surface area contributed by atoms with Crippen molar-refractivity contribution >= 4 is 23.3 Å². The third-order valence-electron chi connectivity index (χ3n) is 5.27. The van der Waals surface area contributed by atoms with E-state index in [1.54, 1.807) is 64.3 Å². The quantitative estimate of drug-likeness (QED) is 0.413. The molecule has 2 aromatic carbocycles. The van der Waals surface area contributed by atoms with Crippen LogP contribution in [-0.2, 0) is 20.7 Å². The Balaban J connectivity index is 1.60. The van der Waals surface area contributed by atoms with Crippen molar-refractivity contribution in [2.24, 2.45) is 5.41 Å². The van der Waals surface area contributed by atoms with Crippen molar-refractivity contribution in [2.45, 2.75) is 33.6 Å². The van der Waals surface area contributed by atoms with Crippen molar-refractivity contribution in [3.05, 3.63) is 53.9 Å². The van der Waals surface area contributed by atoms with E-state index in [0.717, 1.165) is 0 Å². The summed E-state index contributed by atoms with van der Waals surface area (Å²) in [5.74, 6) is 0.482. The molecule has 0 atom stereocenters. The third-order valence-corrected chi connectivity index (χ3v) is 5.27. The highest BCUT2D eigenvalue weighted by molar-refractivity contribution is 6.02. The number of nitrogens with zero attached hydrogens (tertiary/aromatic N) is 2. The van der Waals surface area contributed by atoms with Gasteiger partial charge in [-0.2, -0.15) is 4.98 Å². The number of anilines is 1. The molecule has 1 amide bonds. The van der Waals surface area contributed by atoms with Crippen molar-refractivity contribution in [1.82, 2.24) is 10.1 Å². The van der Waals surface area contributed by atoms with Crippen LogP contribution in [0.3, 0.4) is 0 Å². The van der Waals surface area contributed by atoms with Crippen molar-refractivity contribution in [3.8, 4) is 22.9 Å². The Morgan fingerprint density at radius 2 is 1.72 bits per heavy atom. The Morgan fingerprint density at radius 1 is 1.00 bits per heavy atom. The first-order valence-corrected chi connectivity index (χ1v) is 11.3. The maximum absolute atomic E-state index is 12.6. The fourth-order valence-corrected chi connectivity index (χ4v) is 3.08. The summed E-state index contributed by atoms with van der Waals surface area (Å²) >= 11 is 0. The second-order valence-corrected chi connectivity index (χ2v) is 8.92. The molecule has 190 valence electrons. The van der Waals surface area contributed by atoms with E-state index in [1.807, 2.05) is 0 Å². The molecule has 3 rings (SSSR count). The molecule has 0 spiro atoms. The number of benzene rings is 2. The van der Waals surface area contributed by atoms with Crippen LogP contribution in [0.2, 0.25) is 0 Å². The molecular weight excluding hydrogens is 466 g/mol. The molecule has 10 heteroatoms. The summed E-state index contributed by atoms with van der Waals surface area (Å²) in [5.41, 5.74) is 0.486. The van der Waals surface area contributed by atoms with E-state index < -0.39 is 11.4 Å². The van der Waals surface area contributed by atoms with Crippen LogP contribution >= 0.6 is 0 Å². The summed E-state index contributed by atoms with van der Waals surface area (Å²) in [6, 6.07) is 11.7. The lowest BCUT2D eigenvalue weighted by molar-refractivity contribution is -0.129. The molecule has 1 heterocycles. The number of nitrogens with one attached hydrogen (secondary N) is 1. The number of carbonyl (C=O) groups is 3. The molecule has 0 saturated carbocycles. The van der Waals surface area contributed by atoms with Crippen molar-refractivity contribution in [2.75, 3.05) is 26.1 Å². The maximum atomic E-state index is 12.6. The maximum Gasteiger partial charge on any atom is 0.340 e. The van der Waals surface area contributed by atoms with E-state index in [-0.39, 0.29) is 48.3 Å². The Kier molecular flexibility index (Phi) is 8.42. The van der Waals surface area contributed by atoms with Crippen molar-refractivity contribution in [3.63, 3.8) is 0 Å². The predicted molar refractivity (Wildman–Crippen MR) is 131 cm³/mol. The van der Waals surface area contributed by atoms with Crippen LogP contribution in [0.4, 0.5) is 5.69 Å². The zero-order valence-corrected chi connectivity index (χ0v) is 20.9. The molecule has 10 nitrogen and oxygen atoms in total. The van der Waals surface area contributed by atoms with Gasteiger partial charge in [0, 0.05) is 23.8 Å². The number of hydrogen-bond donors (Lipinski definition) is 1. The van der Waals surface area contributed by atoms with Gasteiger partial charge in [-0.05, 0) is 30.3 Å². The summed E-state index contributed by atoms with van der Waals surface area (Å²) in [6.45, 7) is 4.90. The van der Waals surface area contributed by atoms with E-state index in [2.05, 4.69) is 15.5 Å². The molecular formula is C26H29N3O7. The Bertz CT molecular complexity index is 1240. The summed E-state index contributed by atoms with van der Waals surface area (Å²) in [5, 5.41) is 6.67. The fourth-order valence-electron chi connectivity index (χ4n) is 3.08. The number of ketones is 1. The number of aromatic nitrogens is 2. The van der Waals surface area contributed by atoms with Crippen molar-refractivity contribution in [1.29, 1.82) is 0 Å². The number of methoxy groups -OCH3 is 2. The molecule has 1 aromatic heterocycles. The third kappa shape index (κ3) is 6.68. The van der Waals surface area contributed by atoms with Gasteiger partial charge in [0.15, 0.2) is 23.9 Å². The molecule has 0 fully saturated rings. The SMILES string of the molecule is COc1ccc(-c2noc(CCC(=O)Nc3ccccc3C(=O)OCC(=O)C(C)(C)C)n2)cc1OC. The fraction of sp³-hybridized carbons (Fsp3) is 0.346. The normalized spacial score (nSPS) is 11.0. The number of hydrogen-bond acceptors (Lipinski definition) is 9. The topological polar surface area (TPSA) is 130 Å². The van der Waals surface area contributed by atoms with Crippen LogP contribution in [0.5, 0.6) is 11.5 Å².